The first-order chi connectivity index (χ1) is 9.79. The van der Waals surface area contributed by atoms with E-state index in [0.29, 0.717) is 18.5 Å². The van der Waals surface area contributed by atoms with Gasteiger partial charge >= 0.3 is 0 Å². The molecule has 1 aromatic rings. The summed E-state index contributed by atoms with van der Waals surface area (Å²) < 4.78 is 29.2. The Kier molecular flexibility index (Phi) is 4.53. The van der Waals surface area contributed by atoms with Crippen molar-refractivity contribution in [3.63, 3.8) is 0 Å². The van der Waals surface area contributed by atoms with E-state index in [1.54, 1.807) is 19.9 Å². The smallest absolute Gasteiger partial charge is 0.261 e. The summed E-state index contributed by atoms with van der Waals surface area (Å²) in [4.78, 5) is 11.9. The number of primary sulfonamides is 1. The number of amides is 1. The van der Waals surface area contributed by atoms with Crippen molar-refractivity contribution in [2.24, 2.45) is 5.14 Å². The predicted octanol–water partition coefficient (Wildman–Crippen LogP) is 0.998. The van der Waals surface area contributed by atoms with E-state index in [-0.39, 0.29) is 16.6 Å². The third-order valence-electron chi connectivity index (χ3n) is 3.44. The van der Waals surface area contributed by atoms with Crippen LogP contribution in [0.2, 0.25) is 0 Å². The van der Waals surface area contributed by atoms with Crippen LogP contribution in [0, 0.1) is 13.8 Å². The molecule has 1 unspecified atom stereocenters. The number of nitrogens with one attached hydrogen (secondary N) is 1. The summed E-state index contributed by atoms with van der Waals surface area (Å²) in [7, 11) is -3.91. The Balaban J connectivity index is 2.41. The Labute approximate surface area is 124 Å². The zero-order valence-corrected chi connectivity index (χ0v) is 13.0. The molecule has 1 aliphatic rings. The van der Waals surface area contributed by atoms with Crippen LogP contribution < -0.4 is 15.2 Å². The van der Waals surface area contributed by atoms with Gasteiger partial charge in [-0.2, -0.15) is 0 Å². The van der Waals surface area contributed by atoms with Gasteiger partial charge in [-0.1, -0.05) is 6.07 Å². The third kappa shape index (κ3) is 3.74. The van der Waals surface area contributed by atoms with Gasteiger partial charge in [-0.05, 0) is 50.3 Å². The van der Waals surface area contributed by atoms with Crippen molar-refractivity contribution in [1.82, 2.24) is 5.32 Å². The van der Waals surface area contributed by atoms with E-state index in [4.69, 9.17) is 9.88 Å². The van der Waals surface area contributed by atoms with Crippen LogP contribution in [-0.2, 0) is 14.8 Å². The topological polar surface area (TPSA) is 98.5 Å². The van der Waals surface area contributed by atoms with Crippen LogP contribution >= 0.6 is 0 Å². The minimum Gasteiger partial charge on any atom is -0.479 e. The first kappa shape index (κ1) is 15.8. The molecule has 0 radical (unpaired) electrons. The number of nitrogens with two attached hydrogens (primary N) is 1. The molecule has 1 heterocycles. The Morgan fingerprint density at radius 2 is 2.00 bits per heavy atom. The highest BCUT2D eigenvalue weighted by atomic mass is 32.2. The molecule has 0 aliphatic carbocycles. The summed E-state index contributed by atoms with van der Waals surface area (Å²) >= 11 is 0. The standard InChI is InChI=1S/C14H20N2O4S/c1-9-7-10(2)13(12(8-9)21(15,18)19)20-11-5-3-4-6-16-14(11)17/h7-8,11H,3-6H2,1-2H3,(H,16,17)(H2,15,18,19). The van der Waals surface area contributed by atoms with Crippen molar-refractivity contribution in [2.45, 2.75) is 44.1 Å². The first-order valence-electron chi connectivity index (χ1n) is 6.87. The fourth-order valence-corrected chi connectivity index (χ4v) is 3.26. The van der Waals surface area contributed by atoms with E-state index in [2.05, 4.69) is 5.32 Å². The van der Waals surface area contributed by atoms with E-state index < -0.39 is 16.1 Å². The number of carbonyl (C=O) groups is 1. The Morgan fingerprint density at radius 3 is 2.67 bits per heavy atom. The molecular formula is C14H20N2O4S. The summed E-state index contributed by atoms with van der Waals surface area (Å²) in [6.07, 6.45) is 1.61. The van der Waals surface area contributed by atoms with E-state index in [0.717, 1.165) is 18.4 Å². The van der Waals surface area contributed by atoms with Crippen LogP contribution in [0.4, 0.5) is 0 Å². The minimum absolute atomic E-state index is 0.0722. The average molecular weight is 312 g/mol. The monoisotopic (exact) mass is 312 g/mol. The quantitative estimate of drug-likeness (QED) is 0.869. The van der Waals surface area contributed by atoms with Crippen molar-refractivity contribution >= 4 is 15.9 Å². The van der Waals surface area contributed by atoms with Crippen molar-refractivity contribution in [3.8, 4) is 5.75 Å². The Bertz CT molecular complexity index is 655. The number of benzene rings is 1. The van der Waals surface area contributed by atoms with Gasteiger partial charge < -0.3 is 10.1 Å². The molecule has 1 saturated heterocycles. The molecule has 21 heavy (non-hydrogen) atoms. The second-order valence-electron chi connectivity index (χ2n) is 5.35. The number of hydrogen-bond donors (Lipinski definition) is 2. The molecule has 7 heteroatoms. The summed E-state index contributed by atoms with van der Waals surface area (Å²) in [5, 5.41) is 8.02. The molecule has 0 spiro atoms. The van der Waals surface area contributed by atoms with Gasteiger partial charge in [0.25, 0.3) is 5.91 Å². The average Bonchev–Trinajstić information content (AvgIpc) is 2.56. The van der Waals surface area contributed by atoms with Crippen molar-refractivity contribution < 1.29 is 17.9 Å². The highest BCUT2D eigenvalue weighted by Crippen LogP contribution is 2.30. The molecule has 1 aliphatic heterocycles. The fraction of sp³-hybridized carbons (Fsp3) is 0.500. The molecule has 2 rings (SSSR count). The second kappa shape index (κ2) is 6.03. The highest BCUT2D eigenvalue weighted by molar-refractivity contribution is 7.89. The van der Waals surface area contributed by atoms with E-state index in [9.17, 15) is 13.2 Å². The molecule has 116 valence electrons. The lowest BCUT2D eigenvalue weighted by atomic mass is 10.1. The van der Waals surface area contributed by atoms with Crippen LogP contribution in [0.1, 0.15) is 30.4 Å². The first-order valence-corrected chi connectivity index (χ1v) is 8.42. The molecule has 0 bridgehead atoms. The van der Waals surface area contributed by atoms with E-state index in [1.165, 1.54) is 6.07 Å². The van der Waals surface area contributed by atoms with Gasteiger partial charge in [0.05, 0.1) is 0 Å². The molecule has 1 atom stereocenters. The zero-order valence-electron chi connectivity index (χ0n) is 12.2. The van der Waals surface area contributed by atoms with E-state index in [1.807, 2.05) is 0 Å². The van der Waals surface area contributed by atoms with Crippen molar-refractivity contribution in [2.75, 3.05) is 6.54 Å². The SMILES string of the molecule is Cc1cc(C)c(OC2CCCCNC2=O)c(S(N)(=O)=O)c1. The molecular weight excluding hydrogens is 292 g/mol. The van der Waals surface area contributed by atoms with Crippen LogP contribution in [0.5, 0.6) is 5.75 Å². The van der Waals surface area contributed by atoms with Gasteiger partial charge in [0, 0.05) is 6.54 Å². The maximum atomic E-state index is 11.9. The number of sulfonamides is 1. The van der Waals surface area contributed by atoms with Crippen LogP contribution in [-0.4, -0.2) is 27.0 Å². The normalized spacial score (nSPS) is 19.8. The summed E-state index contributed by atoms with van der Waals surface area (Å²) in [6.45, 7) is 4.14. The lowest BCUT2D eigenvalue weighted by Crippen LogP contribution is -2.37. The Morgan fingerprint density at radius 1 is 1.29 bits per heavy atom. The minimum atomic E-state index is -3.91. The number of hydrogen-bond acceptors (Lipinski definition) is 4. The van der Waals surface area contributed by atoms with Crippen molar-refractivity contribution in [3.05, 3.63) is 23.3 Å². The molecule has 0 saturated carbocycles. The van der Waals surface area contributed by atoms with Gasteiger partial charge in [0.2, 0.25) is 10.0 Å². The Hall–Kier alpha value is -1.60. The number of carbonyl (C=O) groups excluding carboxylic acids is 1. The predicted molar refractivity (Wildman–Crippen MR) is 78.6 cm³/mol. The molecule has 1 aromatic carbocycles. The van der Waals surface area contributed by atoms with Gasteiger partial charge in [-0.15, -0.1) is 0 Å². The van der Waals surface area contributed by atoms with Crippen molar-refractivity contribution in [1.29, 1.82) is 0 Å². The lowest BCUT2D eigenvalue weighted by Gasteiger charge is -2.20. The third-order valence-corrected chi connectivity index (χ3v) is 4.35. The van der Waals surface area contributed by atoms with Crippen LogP contribution in [0.3, 0.4) is 0 Å². The summed E-state index contributed by atoms with van der Waals surface area (Å²) in [6, 6.07) is 3.27. The van der Waals surface area contributed by atoms with Crippen LogP contribution in [0.25, 0.3) is 0 Å². The highest BCUT2D eigenvalue weighted by Gasteiger charge is 2.26. The zero-order chi connectivity index (χ0) is 15.6. The van der Waals surface area contributed by atoms with Crippen LogP contribution in [0.15, 0.2) is 17.0 Å². The summed E-state index contributed by atoms with van der Waals surface area (Å²) in [5.41, 5.74) is 1.42. The largest absolute Gasteiger partial charge is 0.479 e. The van der Waals surface area contributed by atoms with Gasteiger partial charge in [0.1, 0.15) is 10.6 Å². The van der Waals surface area contributed by atoms with Gasteiger partial charge in [0.15, 0.2) is 6.10 Å². The summed E-state index contributed by atoms with van der Waals surface area (Å²) in [5.74, 6) is -0.0435. The maximum absolute atomic E-state index is 11.9. The van der Waals surface area contributed by atoms with E-state index >= 15 is 0 Å². The number of aryl methyl sites for hydroxylation is 2. The van der Waals surface area contributed by atoms with Gasteiger partial charge in [-0.25, -0.2) is 13.6 Å². The molecule has 1 amide bonds. The number of ether oxygens (including phenoxy) is 1. The second-order valence-corrected chi connectivity index (χ2v) is 6.88. The number of rotatable bonds is 3. The molecule has 1 fully saturated rings. The maximum Gasteiger partial charge on any atom is 0.261 e. The lowest BCUT2D eigenvalue weighted by molar-refractivity contribution is -0.127. The fourth-order valence-electron chi connectivity index (χ4n) is 2.44. The molecule has 6 nitrogen and oxygen atoms in total. The molecule has 3 N–H and O–H groups in total. The van der Waals surface area contributed by atoms with Gasteiger partial charge in [-0.3, -0.25) is 4.79 Å². The molecule has 0 aromatic heterocycles.